The number of hydrogen-bond donors (Lipinski definition) is 2. The molecule has 0 saturated heterocycles. The first kappa shape index (κ1) is 22.7. The Morgan fingerprint density at radius 1 is 1.13 bits per heavy atom. The molecule has 0 aliphatic carbocycles. The summed E-state index contributed by atoms with van der Waals surface area (Å²) in [4.78, 5) is 12.5. The van der Waals surface area contributed by atoms with Crippen molar-refractivity contribution in [2.24, 2.45) is 5.10 Å². The number of ether oxygens (including phenoxy) is 2. The number of thiocarbonyl (C=S) groups is 1. The molecule has 3 aromatic rings. The summed E-state index contributed by atoms with van der Waals surface area (Å²) >= 11 is 14.6. The van der Waals surface area contributed by atoms with Crippen LogP contribution in [-0.2, 0) is 0 Å². The number of carbonyl (C=O) groups is 1. The molecule has 0 fully saturated rings. The van der Waals surface area contributed by atoms with Gasteiger partial charge in [0.2, 0.25) is 0 Å². The maximum absolute atomic E-state index is 12.5. The third-order valence-electron chi connectivity index (χ3n) is 3.95. The van der Waals surface area contributed by atoms with E-state index in [0.29, 0.717) is 27.6 Å². The number of halogens is 2. The Hall–Kier alpha value is -2.94. The number of benzene rings is 3. The number of rotatable bonds is 6. The normalized spacial score (nSPS) is 10.5. The maximum Gasteiger partial charge on any atom is 0.343 e. The molecule has 31 heavy (non-hydrogen) atoms. The van der Waals surface area contributed by atoms with Gasteiger partial charge >= 0.3 is 5.97 Å². The number of anilines is 1. The van der Waals surface area contributed by atoms with E-state index in [2.05, 4.69) is 31.8 Å². The highest BCUT2D eigenvalue weighted by Gasteiger charge is 2.12. The monoisotopic (exact) mass is 517 g/mol. The minimum absolute atomic E-state index is 0.283. The number of nitrogens with zero attached hydrogens (tertiary/aromatic N) is 1. The van der Waals surface area contributed by atoms with Crippen molar-refractivity contribution in [2.75, 3.05) is 12.4 Å². The van der Waals surface area contributed by atoms with Crippen LogP contribution in [0.5, 0.6) is 11.5 Å². The van der Waals surface area contributed by atoms with Gasteiger partial charge in [0.15, 0.2) is 5.11 Å². The van der Waals surface area contributed by atoms with Crippen LogP contribution in [0.2, 0.25) is 5.02 Å². The fourth-order valence-electron chi connectivity index (χ4n) is 2.48. The highest BCUT2D eigenvalue weighted by molar-refractivity contribution is 9.10. The van der Waals surface area contributed by atoms with Gasteiger partial charge in [-0.2, -0.15) is 5.10 Å². The van der Waals surface area contributed by atoms with Gasteiger partial charge in [0.1, 0.15) is 11.5 Å². The molecular weight excluding hydrogens is 502 g/mol. The van der Waals surface area contributed by atoms with Gasteiger partial charge in [-0.25, -0.2) is 4.79 Å². The summed E-state index contributed by atoms with van der Waals surface area (Å²) in [5.74, 6) is 0.510. The molecule has 3 rings (SSSR count). The van der Waals surface area contributed by atoms with Gasteiger partial charge < -0.3 is 14.8 Å². The smallest absolute Gasteiger partial charge is 0.343 e. The fraction of sp³-hybridized carbons (Fsp3) is 0.0455. The summed E-state index contributed by atoms with van der Waals surface area (Å²) in [6.07, 6.45) is 1.51. The van der Waals surface area contributed by atoms with Gasteiger partial charge in [-0.05, 0) is 72.9 Å². The molecule has 158 valence electrons. The Morgan fingerprint density at radius 3 is 2.61 bits per heavy atom. The van der Waals surface area contributed by atoms with Crippen LogP contribution >= 0.6 is 39.7 Å². The molecule has 0 heterocycles. The molecule has 0 aliphatic rings. The Morgan fingerprint density at radius 2 is 1.90 bits per heavy atom. The molecule has 3 aromatic carbocycles. The van der Waals surface area contributed by atoms with Crippen LogP contribution in [0, 0.1) is 0 Å². The number of methoxy groups -OCH3 is 1. The van der Waals surface area contributed by atoms with Crippen molar-refractivity contribution in [2.45, 2.75) is 0 Å². The van der Waals surface area contributed by atoms with Crippen molar-refractivity contribution in [3.63, 3.8) is 0 Å². The number of hydrogen-bond acceptors (Lipinski definition) is 5. The first-order valence-electron chi connectivity index (χ1n) is 8.96. The quantitative estimate of drug-likeness (QED) is 0.144. The molecule has 0 saturated carbocycles. The van der Waals surface area contributed by atoms with Gasteiger partial charge in [0.25, 0.3) is 0 Å². The molecule has 9 heteroatoms. The van der Waals surface area contributed by atoms with E-state index >= 15 is 0 Å². The lowest BCUT2D eigenvalue weighted by Gasteiger charge is -2.09. The molecule has 0 bridgehead atoms. The van der Waals surface area contributed by atoms with Crippen LogP contribution < -0.4 is 20.2 Å². The van der Waals surface area contributed by atoms with Gasteiger partial charge in [0.05, 0.1) is 18.9 Å². The molecule has 2 N–H and O–H groups in total. The molecule has 0 amide bonds. The highest BCUT2D eigenvalue weighted by atomic mass is 79.9. The zero-order valence-corrected chi connectivity index (χ0v) is 19.4. The van der Waals surface area contributed by atoms with E-state index in [-0.39, 0.29) is 5.11 Å². The standard InChI is InChI=1S/C22H17BrClN3O3S/c1-29-19-8-5-14(6-9-19)21(28)30-20-10-7-16(23)11-15(20)13-25-27-22(31)26-18-4-2-3-17(24)12-18/h2-13H,1H3,(H2,26,27,31). The predicted molar refractivity (Wildman–Crippen MR) is 130 cm³/mol. The molecule has 0 aromatic heterocycles. The van der Waals surface area contributed by atoms with Crippen LogP contribution in [0.1, 0.15) is 15.9 Å². The van der Waals surface area contributed by atoms with Crippen LogP contribution in [0.4, 0.5) is 5.69 Å². The Labute approximate surface area is 198 Å². The lowest BCUT2D eigenvalue weighted by molar-refractivity contribution is 0.0734. The molecule has 0 unspecified atom stereocenters. The summed E-state index contributed by atoms with van der Waals surface area (Å²) in [6.45, 7) is 0. The first-order valence-corrected chi connectivity index (χ1v) is 10.5. The molecule has 6 nitrogen and oxygen atoms in total. The van der Waals surface area contributed by atoms with Crippen LogP contribution in [0.3, 0.4) is 0 Å². The van der Waals surface area contributed by atoms with Crippen molar-refractivity contribution in [3.05, 3.63) is 87.4 Å². The van der Waals surface area contributed by atoms with Crippen molar-refractivity contribution < 1.29 is 14.3 Å². The largest absolute Gasteiger partial charge is 0.497 e. The first-order chi connectivity index (χ1) is 14.9. The van der Waals surface area contributed by atoms with Crippen LogP contribution in [-0.4, -0.2) is 24.4 Å². The maximum atomic E-state index is 12.5. The van der Waals surface area contributed by atoms with Gasteiger partial charge in [-0.15, -0.1) is 0 Å². The average molecular weight is 519 g/mol. The molecule has 0 atom stereocenters. The third kappa shape index (κ3) is 6.78. The highest BCUT2D eigenvalue weighted by Crippen LogP contribution is 2.23. The second-order valence-electron chi connectivity index (χ2n) is 6.13. The van der Waals surface area contributed by atoms with Crippen LogP contribution in [0.25, 0.3) is 0 Å². The number of nitrogens with one attached hydrogen (secondary N) is 2. The summed E-state index contributed by atoms with van der Waals surface area (Å²) in [7, 11) is 1.56. The Balaban J connectivity index is 1.67. The van der Waals surface area contributed by atoms with E-state index < -0.39 is 5.97 Å². The Bertz CT molecular complexity index is 1120. The van der Waals surface area contributed by atoms with Gasteiger partial charge in [0, 0.05) is 20.7 Å². The second-order valence-corrected chi connectivity index (χ2v) is 7.90. The van der Waals surface area contributed by atoms with E-state index in [9.17, 15) is 4.79 Å². The second kappa shape index (κ2) is 10.9. The summed E-state index contributed by atoms with van der Waals surface area (Å²) in [6, 6.07) is 19.0. The summed E-state index contributed by atoms with van der Waals surface area (Å²) in [5, 5.41) is 7.97. The summed E-state index contributed by atoms with van der Waals surface area (Å²) in [5.41, 5.74) is 4.43. The minimum Gasteiger partial charge on any atom is -0.497 e. The zero-order valence-electron chi connectivity index (χ0n) is 16.3. The molecule has 0 radical (unpaired) electrons. The lowest BCUT2D eigenvalue weighted by atomic mass is 10.2. The average Bonchev–Trinajstić information content (AvgIpc) is 2.75. The number of carbonyl (C=O) groups excluding carboxylic acids is 1. The van der Waals surface area contributed by atoms with Crippen molar-refractivity contribution in [3.8, 4) is 11.5 Å². The molecule has 0 aliphatic heterocycles. The number of esters is 1. The molecule has 0 spiro atoms. The van der Waals surface area contributed by atoms with E-state index in [1.165, 1.54) is 6.21 Å². The topological polar surface area (TPSA) is 72.0 Å². The van der Waals surface area contributed by atoms with Crippen molar-refractivity contribution in [1.82, 2.24) is 5.43 Å². The van der Waals surface area contributed by atoms with Crippen molar-refractivity contribution in [1.29, 1.82) is 0 Å². The van der Waals surface area contributed by atoms with E-state index in [4.69, 9.17) is 33.3 Å². The van der Waals surface area contributed by atoms with Gasteiger partial charge in [-0.1, -0.05) is 33.6 Å². The lowest BCUT2D eigenvalue weighted by Crippen LogP contribution is -2.23. The zero-order chi connectivity index (χ0) is 22.2. The molecular formula is C22H17BrClN3O3S. The van der Waals surface area contributed by atoms with Gasteiger partial charge in [-0.3, -0.25) is 5.43 Å². The van der Waals surface area contributed by atoms with E-state index in [1.807, 2.05) is 12.1 Å². The number of hydrazone groups is 1. The van der Waals surface area contributed by atoms with Crippen molar-refractivity contribution >= 4 is 62.7 Å². The summed E-state index contributed by atoms with van der Waals surface area (Å²) < 4.78 is 11.4. The van der Waals surface area contributed by atoms with E-state index in [0.717, 1.165) is 10.2 Å². The fourth-order valence-corrected chi connectivity index (χ4v) is 3.22. The Kier molecular flexibility index (Phi) is 8.00. The minimum atomic E-state index is -0.495. The predicted octanol–water partition coefficient (Wildman–Crippen LogP) is 5.65. The van der Waals surface area contributed by atoms with E-state index in [1.54, 1.807) is 61.7 Å². The third-order valence-corrected chi connectivity index (χ3v) is 4.87. The van der Waals surface area contributed by atoms with Crippen LogP contribution in [0.15, 0.2) is 76.3 Å². The SMILES string of the molecule is COc1ccc(C(=O)Oc2ccc(Br)cc2C=NNC(=S)Nc2cccc(Cl)c2)cc1.